The molecule has 0 saturated heterocycles. The molecule has 0 aliphatic carbocycles. The molecular weight excluding hydrogens is 244 g/mol. The Labute approximate surface area is 116 Å². The molecule has 0 radical (unpaired) electrons. The number of hydrogen-bond acceptors (Lipinski definition) is 3. The van der Waals surface area contributed by atoms with E-state index in [2.05, 4.69) is 11.3 Å². The van der Waals surface area contributed by atoms with Crippen LogP contribution in [0.1, 0.15) is 65.2 Å². The Kier molecular flexibility index (Phi) is 17.6. The maximum absolute atomic E-state index is 10.2. The van der Waals surface area contributed by atoms with Crippen LogP contribution in [0.25, 0.3) is 0 Å². The summed E-state index contributed by atoms with van der Waals surface area (Å²) in [6.07, 6.45) is 10.1. The summed E-state index contributed by atoms with van der Waals surface area (Å²) in [4.78, 5) is 20.0. The summed E-state index contributed by atoms with van der Waals surface area (Å²) in [5.41, 5.74) is 0. The van der Waals surface area contributed by atoms with Gasteiger partial charge in [0.05, 0.1) is 6.61 Å². The zero-order chi connectivity index (χ0) is 14.9. The molecule has 0 aromatic heterocycles. The van der Waals surface area contributed by atoms with E-state index in [1.54, 1.807) is 6.92 Å². The quantitative estimate of drug-likeness (QED) is 0.371. The van der Waals surface area contributed by atoms with E-state index in [9.17, 15) is 9.59 Å². The van der Waals surface area contributed by atoms with E-state index in [1.165, 1.54) is 32.6 Å². The average Bonchev–Trinajstić information content (AvgIpc) is 2.33. The highest BCUT2D eigenvalue weighted by atomic mass is 16.5. The smallest absolute Gasteiger partial charge is 0.303 e. The Hall–Kier alpha value is -1.32. The molecule has 0 unspecified atom stereocenters. The van der Waals surface area contributed by atoms with E-state index in [1.807, 2.05) is 6.08 Å². The maximum Gasteiger partial charge on any atom is 0.303 e. The Balaban J connectivity index is 0. The van der Waals surface area contributed by atoms with Gasteiger partial charge in [-0.2, -0.15) is 0 Å². The van der Waals surface area contributed by atoms with Crippen molar-refractivity contribution in [2.75, 3.05) is 6.61 Å². The third-order valence-electron chi connectivity index (χ3n) is 2.40. The average molecular weight is 272 g/mol. The zero-order valence-corrected chi connectivity index (χ0v) is 12.3. The zero-order valence-electron chi connectivity index (χ0n) is 12.3. The largest absolute Gasteiger partial charge is 0.481 e. The van der Waals surface area contributed by atoms with Crippen molar-refractivity contribution in [2.24, 2.45) is 0 Å². The van der Waals surface area contributed by atoms with Crippen LogP contribution in [0.5, 0.6) is 0 Å². The summed E-state index contributed by atoms with van der Waals surface area (Å²) >= 11 is 0. The van der Waals surface area contributed by atoms with E-state index in [0.29, 0.717) is 13.0 Å². The van der Waals surface area contributed by atoms with Gasteiger partial charge in [-0.15, -0.1) is 6.58 Å². The summed E-state index contributed by atoms with van der Waals surface area (Å²) in [7, 11) is 0. The standard InChI is InChI=1S/C11H20O2.C4H8O2/c1-2-3-4-5-6-7-8-9-10-11(12)13;1-3-6-4(2)5/h2H,1,3-10H2,(H,12,13);3H2,1-2H3. The van der Waals surface area contributed by atoms with E-state index in [4.69, 9.17) is 5.11 Å². The molecule has 0 aromatic carbocycles. The molecule has 1 N–H and O–H groups in total. The van der Waals surface area contributed by atoms with Crippen LogP contribution in [0.4, 0.5) is 0 Å². The molecule has 0 rings (SSSR count). The topological polar surface area (TPSA) is 63.6 Å². The molecule has 0 saturated carbocycles. The van der Waals surface area contributed by atoms with Gasteiger partial charge in [-0.3, -0.25) is 9.59 Å². The number of unbranched alkanes of at least 4 members (excludes halogenated alkanes) is 6. The van der Waals surface area contributed by atoms with Crippen LogP contribution in [0.15, 0.2) is 12.7 Å². The fourth-order valence-corrected chi connectivity index (χ4v) is 1.48. The fourth-order valence-electron chi connectivity index (χ4n) is 1.48. The lowest BCUT2D eigenvalue weighted by Crippen LogP contribution is -1.95. The van der Waals surface area contributed by atoms with Crippen LogP contribution in [0, 0.1) is 0 Å². The number of rotatable bonds is 10. The van der Waals surface area contributed by atoms with Crippen LogP contribution in [0.2, 0.25) is 0 Å². The number of aliphatic carboxylic acids is 1. The first-order valence-corrected chi connectivity index (χ1v) is 7.00. The second-order valence-corrected chi connectivity index (χ2v) is 4.27. The van der Waals surface area contributed by atoms with Crippen molar-refractivity contribution in [2.45, 2.75) is 65.2 Å². The summed E-state index contributed by atoms with van der Waals surface area (Å²) in [5.74, 6) is -0.885. The number of allylic oxidation sites excluding steroid dienone is 1. The van der Waals surface area contributed by atoms with Gasteiger partial charge in [0, 0.05) is 13.3 Å². The number of ether oxygens (including phenoxy) is 1. The van der Waals surface area contributed by atoms with Gasteiger partial charge in [-0.1, -0.05) is 31.8 Å². The summed E-state index contributed by atoms with van der Waals surface area (Å²) in [5, 5.41) is 8.38. The van der Waals surface area contributed by atoms with Crippen molar-refractivity contribution in [3.05, 3.63) is 12.7 Å². The van der Waals surface area contributed by atoms with E-state index in [-0.39, 0.29) is 5.97 Å². The molecule has 19 heavy (non-hydrogen) atoms. The number of carboxylic acids is 1. The molecule has 0 aliphatic rings. The molecule has 4 nitrogen and oxygen atoms in total. The summed E-state index contributed by atoms with van der Waals surface area (Å²) < 4.78 is 4.40. The molecule has 0 fully saturated rings. The van der Waals surface area contributed by atoms with Crippen molar-refractivity contribution < 1.29 is 19.4 Å². The van der Waals surface area contributed by atoms with Crippen LogP contribution >= 0.6 is 0 Å². The molecular formula is C15H28O4. The normalized spacial score (nSPS) is 9.16. The highest BCUT2D eigenvalue weighted by Crippen LogP contribution is 2.08. The number of esters is 1. The van der Waals surface area contributed by atoms with Gasteiger partial charge in [0.25, 0.3) is 0 Å². The second kappa shape index (κ2) is 16.7. The van der Waals surface area contributed by atoms with E-state index < -0.39 is 5.97 Å². The van der Waals surface area contributed by atoms with Gasteiger partial charge in [0.15, 0.2) is 0 Å². The maximum atomic E-state index is 10.2. The fraction of sp³-hybridized carbons (Fsp3) is 0.733. The van der Waals surface area contributed by atoms with Crippen molar-refractivity contribution >= 4 is 11.9 Å². The molecule has 4 heteroatoms. The van der Waals surface area contributed by atoms with Gasteiger partial charge in [0.1, 0.15) is 0 Å². The lowest BCUT2D eigenvalue weighted by Gasteiger charge is -1.98. The third-order valence-corrected chi connectivity index (χ3v) is 2.40. The Morgan fingerprint density at radius 1 is 1.11 bits per heavy atom. The van der Waals surface area contributed by atoms with Crippen molar-refractivity contribution in [1.29, 1.82) is 0 Å². The van der Waals surface area contributed by atoms with Gasteiger partial charge >= 0.3 is 11.9 Å². The predicted octanol–water partition coefficient (Wildman–Crippen LogP) is 3.95. The summed E-state index contributed by atoms with van der Waals surface area (Å²) in [6, 6.07) is 0. The minimum Gasteiger partial charge on any atom is -0.481 e. The molecule has 0 aromatic rings. The Morgan fingerprint density at radius 3 is 2.00 bits per heavy atom. The SMILES string of the molecule is C=CCCCCCCCCC(=O)O.CCOC(C)=O. The number of hydrogen-bond donors (Lipinski definition) is 1. The number of carbonyl (C=O) groups excluding carboxylic acids is 1. The van der Waals surface area contributed by atoms with Gasteiger partial charge in [-0.25, -0.2) is 0 Å². The molecule has 0 bridgehead atoms. The minimum absolute atomic E-state index is 0.211. The first kappa shape index (κ1) is 20.0. The van der Waals surface area contributed by atoms with Crippen LogP contribution < -0.4 is 0 Å². The molecule has 0 atom stereocenters. The lowest BCUT2D eigenvalue weighted by molar-refractivity contribution is -0.140. The number of carboxylic acid groups (broad SMARTS) is 1. The highest BCUT2D eigenvalue weighted by molar-refractivity contribution is 5.66. The molecule has 0 aliphatic heterocycles. The third kappa shape index (κ3) is 26.3. The van der Waals surface area contributed by atoms with Crippen LogP contribution in [-0.2, 0) is 14.3 Å². The van der Waals surface area contributed by atoms with Crippen molar-refractivity contribution in [3.63, 3.8) is 0 Å². The van der Waals surface area contributed by atoms with E-state index in [0.717, 1.165) is 19.3 Å². The molecule has 0 spiro atoms. The minimum atomic E-state index is -0.674. The van der Waals surface area contributed by atoms with Crippen LogP contribution in [-0.4, -0.2) is 23.7 Å². The highest BCUT2D eigenvalue weighted by Gasteiger charge is 1.95. The van der Waals surface area contributed by atoms with Gasteiger partial charge < -0.3 is 9.84 Å². The van der Waals surface area contributed by atoms with Gasteiger partial charge in [-0.05, 0) is 26.2 Å². The monoisotopic (exact) mass is 272 g/mol. The van der Waals surface area contributed by atoms with Gasteiger partial charge in [0.2, 0.25) is 0 Å². The van der Waals surface area contributed by atoms with Crippen molar-refractivity contribution in [3.8, 4) is 0 Å². The predicted molar refractivity (Wildman–Crippen MR) is 77.1 cm³/mol. The van der Waals surface area contributed by atoms with Crippen molar-refractivity contribution in [1.82, 2.24) is 0 Å². The molecule has 0 heterocycles. The Morgan fingerprint density at radius 2 is 1.63 bits per heavy atom. The van der Waals surface area contributed by atoms with E-state index >= 15 is 0 Å². The first-order valence-electron chi connectivity index (χ1n) is 7.00. The summed E-state index contributed by atoms with van der Waals surface area (Å²) in [6.45, 7) is 7.32. The van der Waals surface area contributed by atoms with Crippen LogP contribution in [0.3, 0.4) is 0 Å². The second-order valence-electron chi connectivity index (χ2n) is 4.27. The number of carbonyl (C=O) groups is 2. The molecule has 112 valence electrons. The lowest BCUT2D eigenvalue weighted by atomic mass is 10.1. The molecule has 0 amide bonds. The first-order chi connectivity index (χ1) is 9.04. The Bertz CT molecular complexity index is 236.